The Labute approximate surface area is 138 Å². The highest BCUT2D eigenvalue weighted by atomic mass is 79.9. The van der Waals surface area contributed by atoms with E-state index in [2.05, 4.69) is 63.9 Å². The number of hydrogen-bond donors (Lipinski definition) is 1. The fourth-order valence-electron chi connectivity index (χ4n) is 2.31. The highest BCUT2D eigenvalue weighted by Gasteiger charge is 2.24. The molecule has 0 bridgehead atoms. The van der Waals surface area contributed by atoms with Crippen LogP contribution in [0, 0.1) is 0 Å². The summed E-state index contributed by atoms with van der Waals surface area (Å²) in [7, 11) is 0. The van der Waals surface area contributed by atoms with Crippen LogP contribution in [-0.2, 0) is 0 Å². The SMILES string of the molecule is CCCNC(c1cccc(OC2CC2)c1)c1sccc1Br. The first kappa shape index (κ1) is 15.1. The van der Waals surface area contributed by atoms with Crippen LogP contribution in [0.2, 0.25) is 0 Å². The first-order chi connectivity index (χ1) is 10.3. The molecule has 1 unspecified atom stereocenters. The van der Waals surface area contributed by atoms with Gasteiger partial charge in [-0.25, -0.2) is 0 Å². The molecule has 1 atom stereocenters. The van der Waals surface area contributed by atoms with Crippen molar-refractivity contribution in [3.63, 3.8) is 0 Å². The summed E-state index contributed by atoms with van der Waals surface area (Å²) in [5, 5.41) is 5.78. The van der Waals surface area contributed by atoms with Gasteiger partial charge in [-0.2, -0.15) is 0 Å². The molecular weight excluding hydrogens is 346 g/mol. The minimum atomic E-state index is 0.224. The van der Waals surface area contributed by atoms with Gasteiger partial charge in [-0.3, -0.25) is 0 Å². The number of rotatable bonds is 7. The molecule has 4 heteroatoms. The molecular formula is C17H20BrNOS. The molecule has 1 aliphatic rings. The van der Waals surface area contributed by atoms with E-state index in [4.69, 9.17) is 4.74 Å². The Balaban J connectivity index is 1.86. The Morgan fingerprint density at radius 3 is 2.90 bits per heavy atom. The fraction of sp³-hybridized carbons (Fsp3) is 0.412. The third-order valence-electron chi connectivity index (χ3n) is 3.52. The van der Waals surface area contributed by atoms with Crippen molar-refractivity contribution in [2.24, 2.45) is 0 Å². The first-order valence-electron chi connectivity index (χ1n) is 7.51. The number of hydrogen-bond acceptors (Lipinski definition) is 3. The second-order valence-corrected chi connectivity index (χ2v) is 7.21. The van der Waals surface area contributed by atoms with Crippen molar-refractivity contribution in [3.05, 3.63) is 50.6 Å². The summed E-state index contributed by atoms with van der Waals surface area (Å²) < 4.78 is 7.11. The average Bonchev–Trinajstić information content (AvgIpc) is 3.20. The number of ether oxygens (including phenoxy) is 1. The molecule has 1 fully saturated rings. The number of thiophene rings is 1. The monoisotopic (exact) mass is 365 g/mol. The van der Waals surface area contributed by atoms with Gasteiger partial charge in [-0.05, 0) is 70.9 Å². The zero-order chi connectivity index (χ0) is 14.7. The molecule has 1 aliphatic carbocycles. The first-order valence-corrected chi connectivity index (χ1v) is 9.18. The van der Waals surface area contributed by atoms with Crippen LogP contribution in [-0.4, -0.2) is 12.6 Å². The highest BCUT2D eigenvalue weighted by molar-refractivity contribution is 9.10. The Kier molecular flexibility index (Phi) is 4.99. The van der Waals surface area contributed by atoms with E-state index in [1.54, 1.807) is 11.3 Å². The Bertz CT molecular complexity index is 594. The summed E-state index contributed by atoms with van der Waals surface area (Å²) in [6, 6.07) is 10.8. The zero-order valence-corrected chi connectivity index (χ0v) is 14.5. The van der Waals surface area contributed by atoms with Crippen LogP contribution in [0.15, 0.2) is 40.2 Å². The summed E-state index contributed by atoms with van der Waals surface area (Å²) in [5.74, 6) is 0.992. The molecule has 0 saturated heterocycles. The second kappa shape index (κ2) is 6.95. The summed E-state index contributed by atoms with van der Waals surface area (Å²) in [6.45, 7) is 3.20. The summed E-state index contributed by atoms with van der Waals surface area (Å²) in [5.41, 5.74) is 1.27. The normalized spacial score (nSPS) is 15.9. The molecule has 1 aromatic carbocycles. The number of halogens is 1. The van der Waals surface area contributed by atoms with E-state index in [1.165, 1.54) is 27.8 Å². The van der Waals surface area contributed by atoms with Gasteiger partial charge in [0.05, 0.1) is 12.1 Å². The minimum absolute atomic E-state index is 0.224. The molecule has 2 nitrogen and oxygen atoms in total. The molecule has 2 aromatic rings. The second-order valence-electron chi connectivity index (χ2n) is 5.41. The van der Waals surface area contributed by atoms with Gasteiger partial charge in [0, 0.05) is 9.35 Å². The van der Waals surface area contributed by atoms with Crippen LogP contribution < -0.4 is 10.1 Å². The van der Waals surface area contributed by atoms with Gasteiger partial charge < -0.3 is 10.1 Å². The van der Waals surface area contributed by atoms with E-state index in [0.29, 0.717) is 6.10 Å². The van der Waals surface area contributed by atoms with E-state index in [1.807, 2.05) is 0 Å². The van der Waals surface area contributed by atoms with Gasteiger partial charge in [0.25, 0.3) is 0 Å². The van der Waals surface area contributed by atoms with Gasteiger partial charge in [-0.1, -0.05) is 19.1 Å². The van der Waals surface area contributed by atoms with Crippen molar-refractivity contribution in [2.75, 3.05) is 6.54 Å². The average molecular weight is 366 g/mol. The predicted octanol–water partition coefficient (Wildman–Crippen LogP) is 5.14. The summed E-state index contributed by atoms with van der Waals surface area (Å²) >= 11 is 5.45. The van der Waals surface area contributed by atoms with E-state index in [-0.39, 0.29) is 6.04 Å². The molecule has 1 heterocycles. The third kappa shape index (κ3) is 3.87. The van der Waals surface area contributed by atoms with Crippen LogP contribution in [0.25, 0.3) is 0 Å². The molecule has 1 N–H and O–H groups in total. The molecule has 1 saturated carbocycles. The quantitative estimate of drug-likeness (QED) is 0.733. The van der Waals surface area contributed by atoms with Crippen LogP contribution in [0.3, 0.4) is 0 Å². The van der Waals surface area contributed by atoms with Gasteiger partial charge in [-0.15, -0.1) is 11.3 Å². The lowest BCUT2D eigenvalue weighted by atomic mass is 10.0. The van der Waals surface area contributed by atoms with E-state index in [9.17, 15) is 0 Å². The van der Waals surface area contributed by atoms with Crippen LogP contribution in [0.5, 0.6) is 5.75 Å². The smallest absolute Gasteiger partial charge is 0.120 e. The molecule has 0 spiro atoms. The van der Waals surface area contributed by atoms with Crippen LogP contribution >= 0.6 is 27.3 Å². The molecule has 0 amide bonds. The van der Waals surface area contributed by atoms with Crippen molar-refractivity contribution in [3.8, 4) is 5.75 Å². The van der Waals surface area contributed by atoms with E-state index < -0.39 is 0 Å². The largest absolute Gasteiger partial charge is 0.490 e. The number of nitrogens with one attached hydrogen (secondary N) is 1. The maximum Gasteiger partial charge on any atom is 0.120 e. The maximum atomic E-state index is 5.93. The third-order valence-corrected chi connectivity index (χ3v) is 5.46. The molecule has 0 radical (unpaired) electrons. The Hall–Kier alpha value is -0.840. The van der Waals surface area contributed by atoms with Gasteiger partial charge in [0.2, 0.25) is 0 Å². The molecule has 0 aliphatic heterocycles. The Morgan fingerprint density at radius 2 is 2.24 bits per heavy atom. The molecule has 21 heavy (non-hydrogen) atoms. The van der Waals surface area contributed by atoms with Crippen molar-refractivity contribution >= 4 is 27.3 Å². The zero-order valence-electron chi connectivity index (χ0n) is 12.1. The minimum Gasteiger partial charge on any atom is -0.490 e. The van der Waals surface area contributed by atoms with Crippen LogP contribution in [0.4, 0.5) is 0 Å². The summed E-state index contributed by atoms with van der Waals surface area (Å²) in [6.07, 6.45) is 3.95. The van der Waals surface area contributed by atoms with Crippen LogP contribution in [0.1, 0.15) is 42.7 Å². The molecule has 3 rings (SSSR count). The van der Waals surface area contributed by atoms with Crippen molar-refractivity contribution in [1.29, 1.82) is 0 Å². The lowest BCUT2D eigenvalue weighted by molar-refractivity contribution is 0.302. The molecule has 1 aromatic heterocycles. The standard InChI is InChI=1S/C17H20BrNOS/c1-2-9-19-16(17-15(18)8-10-21-17)12-4-3-5-14(11-12)20-13-6-7-13/h3-5,8,10-11,13,16,19H,2,6-7,9H2,1H3. The predicted molar refractivity (Wildman–Crippen MR) is 92.2 cm³/mol. The van der Waals surface area contributed by atoms with E-state index >= 15 is 0 Å². The number of benzene rings is 1. The van der Waals surface area contributed by atoms with Gasteiger partial charge in [0.15, 0.2) is 0 Å². The maximum absolute atomic E-state index is 5.93. The van der Waals surface area contributed by atoms with E-state index in [0.717, 1.165) is 18.7 Å². The summed E-state index contributed by atoms with van der Waals surface area (Å²) in [4.78, 5) is 1.33. The lowest BCUT2D eigenvalue weighted by Gasteiger charge is -2.19. The Morgan fingerprint density at radius 1 is 1.38 bits per heavy atom. The fourth-order valence-corrected chi connectivity index (χ4v) is 4.01. The van der Waals surface area contributed by atoms with Crippen molar-refractivity contribution in [1.82, 2.24) is 5.32 Å². The van der Waals surface area contributed by atoms with Gasteiger partial charge in [0.1, 0.15) is 5.75 Å². The van der Waals surface area contributed by atoms with Gasteiger partial charge >= 0.3 is 0 Å². The van der Waals surface area contributed by atoms with Crippen molar-refractivity contribution < 1.29 is 4.74 Å². The van der Waals surface area contributed by atoms with Crippen molar-refractivity contribution in [2.45, 2.75) is 38.3 Å². The highest BCUT2D eigenvalue weighted by Crippen LogP contribution is 2.35. The topological polar surface area (TPSA) is 21.3 Å². The molecule has 112 valence electrons. The lowest BCUT2D eigenvalue weighted by Crippen LogP contribution is -2.22.